The van der Waals surface area contributed by atoms with Crippen LogP contribution in [0.25, 0.3) is 5.65 Å². The number of nitrogens with zero attached hydrogens (tertiary/aromatic N) is 3. The van der Waals surface area contributed by atoms with Crippen molar-refractivity contribution in [1.82, 2.24) is 14.6 Å². The highest BCUT2D eigenvalue weighted by Crippen LogP contribution is 2.06. The Morgan fingerprint density at radius 2 is 2.36 bits per heavy atom. The van der Waals surface area contributed by atoms with Gasteiger partial charge < -0.3 is 5.11 Å². The maximum absolute atomic E-state index is 8.70. The molecule has 0 atom stereocenters. The van der Waals surface area contributed by atoms with Crippen LogP contribution in [0.3, 0.4) is 0 Å². The molecule has 1 N–H and O–H groups in total. The molecule has 2 aromatic rings. The smallest absolute Gasteiger partial charge is 0.155 e. The van der Waals surface area contributed by atoms with Crippen molar-refractivity contribution >= 4 is 5.65 Å². The first-order valence-electron chi connectivity index (χ1n) is 4.71. The molecule has 0 saturated carbocycles. The summed E-state index contributed by atoms with van der Waals surface area (Å²) in [5.74, 6) is 0. The predicted molar refractivity (Wildman–Crippen MR) is 53.1 cm³/mol. The van der Waals surface area contributed by atoms with Crippen molar-refractivity contribution in [3.63, 3.8) is 0 Å². The highest BCUT2D eigenvalue weighted by atomic mass is 16.2. The Morgan fingerprint density at radius 3 is 3.14 bits per heavy atom. The van der Waals surface area contributed by atoms with Crippen LogP contribution in [0.15, 0.2) is 18.5 Å². The fraction of sp³-hybridized carbons (Fsp3) is 0.400. The number of aromatic nitrogens is 3. The Bertz CT molecular complexity index is 436. The minimum Gasteiger partial charge on any atom is -0.396 e. The molecule has 0 fully saturated rings. The van der Waals surface area contributed by atoms with E-state index in [0.29, 0.717) is 0 Å². The Hall–Kier alpha value is -1.42. The fourth-order valence-electron chi connectivity index (χ4n) is 1.45. The van der Waals surface area contributed by atoms with Crippen LogP contribution < -0.4 is 0 Å². The summed E-state index contributed by atoms with van der Waals surface area (Å²) >= 11 is 0. The average molecular weight is 191 g/mol. The molecule has 0 unspecified atom stereocenters. The van der Waals surface area contributed by atoms with E-state index in [2.05, 4.69) is 10.1 Å². The van der Waals surface area contributed by atoms with Gasteiger partial charge in [0.15, 0.2) is 5.65 Å². The normalized spacial score (nSPS) is 11.0. The van der Waals surface area contributed by atoms with Crippen molar-refractivity contribution < 1.29 is 5.11 Å². The maximum atomic E-state index is 8.70. The van der Waals surface area contributed by atoms with Gasteiger partial charge in [-0.25, -0.2) is 9.50 Å². The topological polar surface area (TPSA) is 50.4 Å². The molecule has 4 nitrogen and oxygen atoms in total. The van der Waals surface area contributed by atoms with E-state index in [4.69, 9.17) is 5.11 Å². The standard InChI is InChI=1S/C10H13N3O/c1-8-5-10-11-6-9(3-2-4-14)7-13(10)12-8/h5-7,14H,2-4H2,1H3. The molecule has 0 aliphatic heterocycles. The first-order valence-corrected chi connectivity index (χ1v) is 4.71. The monoisotopic (exact) mass is 191 g/mol. The molecule has 2 rings (SSSR count). The lowest BCUT2D eigenvalue weighted by molar-refractivity contribution is 0.288. The van der Waals surface area contributed by atoms with Crippen LogP contribution in [0.2, 0.25) is 0 Å². The van der Waals surface area contributed by atoms with E-state index in [-0.39, 0.29) is 6.61 Å². The van der Waals surface area contributed by atoms with E-state index in [9.17, 15) is 0 Å². The molecule has 0 aliphatic rings. The molecule has 0 radical (unpaired) electrons. The summed E-state index contributed by atoms with van der Waals surface area (Å²) in [4.78, 5) is 4.27. The highest BCUT2D eigenvalue weighted by Gasteiger charge is 2.00. The summed E-state index contributed by atoms with van der Waals surface area (Å²) < 4.78 is 1.78. The van der Waals surface area contributed by atoms with Gasteiger partial charge in [0.2, 0.25) is 0 Å². The fourth-order valence-corrected chi connectivity index (χ4v) is 1.45. The number of rotatable bonds is 3. The highest BCUT2D eigenvalue weighted by molar-refractivity contribution is 5.38. The molecular weight excluding hydrogens is 178 g/mol. The predicted octanol–water partition coefficient (Wildman–Crippen LogP) is 0.963. The SMILES string of the molecule is Cc1cc2ncc(CCCO)cn2n1. The summed E-state index contributed by atoms with van der Waals surface area (Å²) in [6.07, 6.45) is 5.42. The number of hydrogen-bond donors (Lipinski definition) is 1. The maximum Gasteiger partial charge on any atom is 0.155 e. The van der Waals surface area contributed by atoms with Crippen LogP contribution in [0, 0.1) is 6.92 Å². The molecular formula is C10H13N3O. The quantitative estimate of drug-likeness (QED) is 0.786. The number of aliphatic hydroxyl groups excluding tert-OH is 1. The van der Waals surface area contributed by atoms with Crippen LogP contribution in [-0.4, -0.2) is 26.3 Å². The van der Waals surface area contributed by atoms with Gasteiger partial charge in [-0.15, -0.1) is 0 Å². The summed E-state index contributed by atoms with van der Waals surface area (Å²) in [7, 11) is 0. The Morgan fingerprint density at radius 1 is 1.50 bits per heavy atom. The van der Waals surface area contributed by atoms with Crippen molar-refractivity contribution in [3.8, 4) is 0 Å². The van der Waals surface area contributed by atoms with E-state index >= 15 is 0 Å². The van der Waals surface area contributed by atoms with Crippen LogP contribution in [0.1, 0.15) is 17.7 Å². The Balaban J connectivity index is 2.31. The van der Waals surface area contributed by atoms with E-state index in [1.807, 2.05) is 25.4 Å². The minimum absolute atomic E-state index is 0.218. The largest absolute Gasteiger partial charge is 0.396 e. The third-order valence-electron chi connectivity index (χ3n) is 2.11. The lowest BCUT2D eigenvalue weighted by atomic mass is 10.2. The molecule has 14 heavy (non-hydrogen) atoms. The Labute approximate surface area is 82.2 Å². The lowest BCUT2D eigenvalue weighted by Gasteiger charge is -1.99. The van der Waals surface area contributed by atoms with E-state index in [1.54, 1.807) is 4.52 Å². The molecule has 0 bridgehead atoms. The molecule has 2 heterocycles. The van der Waals surface area contributed by atoms with E-state index in [1.165, 1.54) is 0 Å². The summed E-state index contributed by atoms with van der Waals surface area (Å²) in [6.45, 7) is 2.16. The van der Waals surface area contributed by atoms with E-state index < -0.39 is 0 Å². The molecule has 4 heteroatoms. The summed E-state index contributed by atoms with van der Waals surface area (Å²) in [5.41, 5.74) is 2.95. The first-order chi connectivity index (χ1) is 6.79. The number of fused-ring (bicyclic) bond motifs is 1. The van der Waals surface area contributed by atoms with Crippen LogP contribution in [-0.2, 0) is 6.42 Å². The van der Waals surface area contributed by atoms with Gasteiger partial charge in [0.05, 0.1) is 5.69 Å². The van der Waals surface area contributed by atoms with Crippen molar-refractivity contribution in [2.24, 2.45) is 0 Å². The summed E-state index contributed by atoms with van der Waals surface area (Å²) in [6, 6.07) is 1.94. The molecule has 2 aromatic heterocycles. The van der Waals surface area contributed by atoms with Crippen molar-refractivity contribution in [1.29, 1.82) is 0 Å². The van der Waals surface area contributed by atoms with Crippen molar-refractivity contribution in [2.75, 3.05) is 6.61 Å². The molecule has 0 saturated heterocycles. The van der Waals surface area contributed by atoms with Crippen molar-refractivity contribution in [3.05, 3.63) is 29.7 Å². The Kier molecular flexibility index (Phi) is 2.45. The van der Waals surface area contributed by atoms with Gasteiger partial charge in [0.1, 0.15) is 0 Å². The van der Waals surface area contributed by atoms with Gasteiger partial charge in [-0.05, 0) is 25.3 Å². The van der Waals surface area contributed by atoms with Crippen LogP contribution in [0.4, 0.5) is 0 Å². The summed E-state index contributed by atoms with van der Waals surface area (Å²) in [5, 5.41) is 13.0. The van der Waals surface area contributed by atoms with Gasteiger partial charge in [0.25, 0.3) is 0 Å². The number of aliphatic hydroxyl groups is 1. The molecule has 74 valence electrons. The van der Waals surface area contributed by atoms with Crippen LogP contribution in [0.5, 0.6) is 0 Å². The minimum atomic E-state index is 0.218. The molecule has 0 aliphatic carbocycles. The average Bonchev–Trinajstić information content (AvgIpc) is 2.54. The van der Waals surface area contributed by atoms with Gasteiger partial charge in [-0.2, -0.15) is 5.10 Å². The number of hydrogen-bond acceptors (Lipinski definition) is 3. The third-order valence-corrected chi connectivity index (χ3v) is 2.11. The second kappa shape index (κ2) is 3.75. The van der Waals surface area contributed by atoms with Gasteiger partial charge in [-0.1, -0.05) is 0 Å². The van der Waals surface area contributed by atoms with E-state index in [0.717, 1.165) is 29.7 Å². The van der Waals surface area contributed by atoms with Crippen LogP contribution >= 0.6 is 0 Å². The van der Waals surface area contributed by atoms with Gasteiger partial charge in [-0.3, -0.25) is 0 Å². The second-order valence-electron chi connectivity index (χ2n) is 3.38. The molecule has 0 spiro atoms. The zero-order valence-corrected chi connectivity index (χ0v) is 8.14. The second-order valence-corrected chi connectivity index (χ2v) is 3.38. The van der Waals surface area contributed by atoms with Crippen molar-refractivity contribution in [2.45, 2.75) is 19.8 Å². The lowest BCUT2D eigenvalue weighted by Crippen LogP contribution is -1.96. The van der Waals surface area contributed by atoms with Gasteiger partial charge >= 0.3 is 0 Å². The number of aryl methyl sites for hydroxylation is 2. The third kappa shape index (κ3) is 1.75. The molecule has 0 amide bonds. The molecule has 0 aromatic carbocycles. The zero-order valence-electron chi connectivity index (χ0n) is 8.14. The zero-order chi connectivity index (χ0) is 9.97. The van der Waals surface area contributed by atoms with Gasteiger partial charge in [0, 0.05) is 25.1 Å². The first kappa shape index (κ1) is 9.15.